The van der Waals surface area contributed by atoms with Crippen molar-refractivity contribution in [3.05, 3.63) is 17.5 Å². The number of nitrogen functional groups attached to an aromatic ring is 2. The highest BCUT2D eigenvalue weighted by Gasteiger charge is 2.15. The van der Waals surface area contributed by atoms with E-state index in [1.807, 2.05) is 0 Å². The number of anilines is 2. The lowest BCUT2D eigenvalue weighted by Gasteiger charge is -2.07. The fourth-order valence-electron chi connectivity index (χ4n) is 0.881. The Bertz CT molecular complexity index is 317. The van der Waals surface area contributed by atoms with Crippen LogP contribution in [0.25, 0.3) is 0 Å². The molecule has 1 rings (SSSR count). The van der Waals surface area contributed by atoms with Crippen molar-refractivity contribution in [3.8, 4) is 0 Å². The lowest BCUT2D eigenvalue weighted by atomic mass is 10.2. The summed E-state index contributed by atoms with van der Waals surface area (Å²) in [5.74, 6) is 0. The van der Waals surface area contributed by atoms with Gasteiger partial charge >= 0.3 is 0 Å². The SMILES string of the molecule is Nc1cc(N)c(C(F)F)nc1CBr. The molecule has 4 N–H and O–H groups in total. The van der Waals surface area contributed by atoms with Crippen LogP contribution in [0.15, 0.2) is 6.07 Å². The van der Waals surface area contributed by atoms with Gasteiger partial charge in [-0.25, -0.2) is 13.8 Å². The number of hydrogen-bond donors (Lipinski definition) is 2. The van der Waals surface area contributed by atoms with Gasteiger partial charge in [0.15, 0.2) is 0 Å². The second-order valence-electron chi connectivity index (χ2n) is 2.43. The highest BCUT2D eigenvalue weighted by atomic mass is 79.9. The van der Waals surface area contributed by atoms with E-state index in [1.165, 1.54) is 6.07 Å². The van der Waals surface area contributed by atoms with E-state index < -0.39 is 12.1 Å². The summed E-state index contributed by atoms with van der Waals surface area (Å²) in [5, 5.41) is 0.332. The van der Waals surface area contributed by atoms with Gasteiger partial charge < -0.3 is 11.5 Å². The summed E-state index contributed by atoms with van der Waals surface area (Å²) in [4.78, 5) is 3.64. The van der Waals surface area contributed by atoms with Crippen LogP contribution in [-0.2, 0) is 5.33 Å². The van der Waals surface area contributed by atoms with Crippen molar-refractivity contribution in [2.75, 3.05) is 11.5 Å². The molecule has 0 bridgehead atoms. The van der Waals surface area contributed by atoms with Crippen LogP contribution in [0.4, 0.5) is 20.2 Å². The Kier molecular flexibility index (Phi) is 3.02. The zero-order valence-corrected chi connectivity index (χ0v) is 8.18. The Morgan fingerprint density at radius 2 is 2.00 bits per heavy atom. The van der Waals surface area contributed by atoms with Crippen molar-refractivity contribution in [1.82, 2.24) is 4.98 Å². The lowest BCUT2D eigenvalue weighted by molar-refractivity contribution is 0.147. The minimum absolute atomic E-state index is 0.0720. The van der Waals surface area contributed by atoms with E-state index in [9.17, 15) is 8.78 Å². The smallest absolute Gasteiger partial charge is 0.282 e. The molecule has 0 spiro atoms. The molecule has 0 fully saturated rings. The Balaban J connectivity index is 3.22. The van der Waals surface area contributed by atoms with Crippen LogP contribution in [0.5, 0.6) is 0 Å². The van der Waals surface area contributed by atoms with Gasteiger partial charge in [0.25, 0.3) is 6.43 Å². The van der Waals surface area contributed by atoms with E-state index in [0.717, 1.165) is 0 Å². The molecule has 0 aromatic carbocycles. The van der Waals surface area contributed by atoms with Crippen LogP contribution < -0.4 is 11.5 Å². The molecule has 3 nitrogen and oxygen atoms in total. The van der Waals surface area contributed by atoms with E-state index in [0.29, 0.717) is 16.7 Å². The molecule has 0 atom stereocenters. The van der Waals surface area contributed by atoms with Crippen LogP contribution in [0.3, 0.4) is 0 Å². The fraction of sp³-hybridized carbons (Fsp3) is 0.286. The number of hydrogen-bond acceptors (Lipinski definition) is 3. The summed E-state index contributed by atoms with van der Waals surface area (Å²) >= 11 is 3.09. The van der Waals surface area contributed by atoms with E-state index in [-0.39, 0.29) is 5.69 Å². The first kappa shape index (κ1) is 10.2. The maximum absolute atomic E-state index is 12.3. The van der Waals surface area contributed by atoms with Crippen LogP contribution in [0.2, 0.25) is 0 Å². The standard InChI is InChI=1S/C7H8BrF2N3/c8-2-5-3(11)1-4(12)6(13-5)7(9)10/h1,7H,2,11-12H2. The van der Waals surface area contributed by atoms with Crippen LogP contribution in [0, 0.1) is 0 Å². The van der Waals surface area contributed by atoms with Gasteiger partial charge in [-0.15, -0.1) is 0 Å². The Labute approximate surface area is 82.3 Å². The average Bonchev–Trinajstić information content (AvgIpc) is 2.03. The number of aromatic nitrogens is 1. The quantitative estimate of drug-likeness (QED) is 0.792. The van der Waals surface area contributed by atoms with Gasteiger partial charge in [0.05, 0.1) is 17.1 Å². The molecule has 0 aliphatic rings. The summed E-state index contributed by atoms with van der Waals surface area (Å²) in [6, 6.07) is 1.30. The van der Waals surface area contributed by atoms with Crippen molar-refractivity contribution in [1.29, 1.82) is 0 Å². The molecule has 0 aliphatic carbocycles. The molecule has 0 amide bonds. The van der Waals surface area contributed by atoms with Crippen molar-refractivity contribution < 1.29 is 8.78 Å². The van der Waals surface area contributed by atoms with Crippen molar-refractivity contribution in [2.45, 2.75) is 11.8 Å². The van der Waals surface area contributed by atoms with E-state index >= 15 is 0 Å². The normalized spacial score (nSPS) is 10.8. The molecule has 0 unspecified atom stereocenters. The van der Waals surface area contributed by atoms with Crippen molar-refractivity contribution >= 4 is 27.3 Å². The lowest BCUT2D eigenvalue weighted by Crippen LogP contribution is -2.04. The zero-order valence-electron chi connectivity index (χ0n) is 6.60. The van der Waals surface area contributed by atoms with Crippen molar-refractivity contribution in [3.63, 3.8) is 0 Å². The minimum Gasteiger partial charge on any atom is -0.397 e. The maximum atomic E-state index is 12.3. The number of nitrogens with two attached hydrogens (primary N) is 2. The maximum Gasteiger partial charge on any atom is 0.282 e. The first-order chi connectivity index (χ1) is 6.06. The van der Waals surface area contributed by atoms with Crippen LogP contribution in [-0.4, -0.2) is 4.98 Å². The molecule has 0 radical (unpaired) electrons. The summed E-state index contributed by atoms with van der Waals surface area (Å²) < 4.78 is 24.6. The third kappa shape index (κ3) is 2.06. The highest BCUT2D eigenvalue weighted by molar-refractivity contribution is 9.08. The Hall–Kier alpha value is -0.910. The Morgan fingerprint density at radius 1 is 1.38 bits per heavy atom. The average molecular weight is 252 g/mol. The molecule has 1 heterocycles. The van der Waals surface area contributed by atoms with Gasteiger partial charge in [-0.1, -0.05) is 15.9 Å². The van der Waals surface area contributed by atoms with Gasteiger partial charge in [0.2, 0.25) is 0 Å². The van der Waals surface area contributed by atoms with Gasteiger partial charge in [0.1, 0.15) is 5.69 Å². The van der Waals surface area contributed by atoms with Crippen LogP contribution >= 0.6 is 15.9 Å². The summed E-state index contributed by atoms with van der Waals surface area (Å²) in [5.41, 5.74) is 11.0. The molecule has 1 aromatic heterocycles. The third-order valence-electron chi connectivity index (χ3n) is 1.53. The van der Waals surface area contributed by atoms with E-state index in [1.54, 1.807) is 0 Å². The summed E-state index contributed by atoms with van der Waals surface area (Å²) in [6.45, 7) is 0. The highest BCUT2D eigenvalue weighted by Crippen LogP contribution is 2.26. The molecule has 0 saturated carbocycles. The molecular formula is C7H8BrF2N3. The topological polar surface area (TPSA) is 64.9 Å². The first-order valence-corrected chi connectivity index (χ1v) is 4.57. The van der Waals surface area contributed by atoms with E-state index in [2.05, 4.69) is 20.9 Å². The second kappa shape index (κ2) is 3.87. The van der Waals surface area contributed by atoms with Crippen molar-refractivity contribution in [2.24, 2.45) is 0 Å². The van der Waals surface area contributed by atoms with Gasteiger partial charge in [-0.2, -0.15) is 0 Å². The van der Waals surface area contributed by atoms with Gasteiger partial charge in [-0.3, -0.25) is 0 Å². The predicted octanol–water partition coefficient (Wildman–Crippen LogP) is 2.08. The summed E-state index contributed by atoms with van der Waals surface area (Å²) in [7, 11) is 0. The largest absolute Gasteiger partial charge is 0.397 e. The minimum atomic E-state index is -2.67. The molecule has 1 aromatic rings. The zero-order chi connectivity index (χ0) is 10.0. The Morgan fingerprint density at radius 3 is 2.46 bits per heavy atom. The molecular weight excluding hydrogens is 244 g/mol. The number of pyridine rings is 1. The number of nitrogens with zero attached hydrogens (tertiary/aromatic N) is 1. The molecule has 72 valence electrons. The fourth-order valence-corrected chi connectivity index (χ4v) is 1.33. The molecule has 0 aliphatic heterocycles. The molecule has 0 saturated heterocycles. The van der Waals surface area contributed by atoms with Crippen LogP contribution in [0.1, 0.15) is 17.8 Å². The molecule has 6 heteroatoms. The number of halogens is 3. The first-order valence-electron chi connectivity index (χ1n) is 3.45. The second-order valence-corrected chi connectivity index (χ2v) is 2.99. The van der Waals surface area contributed by atoms with Gasteiger partial charge in [-0.05, 0) is 6.07 Å². The number of rotatable bonds is 2. The predicted molar refractivity (Wildman–Crippen MR) is 50.6 cm³/mol. The van der Waals surface area contributed by atoms with Gasteiger partial charge in [0, 0.05) is 5.33 Å². The monoisotopic (exact) mass is 251 g/mol. The van der Waals surface area contributed by atoms with E-state index in [4.69, 9.17) is 11.5 Å². The summed E-state index contributed by atoms with van der Waals surface area (Å²) in [6.07, 6.45) is -2.67. The number of alkyl halides is 3. The third-order valence-corrected chi connectivity index (χ3v) is 2.06. The molecule has 13 heavy (non-hydrogen) atoms.